The number of aldehydes is 1. The molecule has 8 heteroatoms. The number of nitrogens with zero attached hydrogens (tertiary/aromatic N) is 4. The van der Waals surface area contributed by atoms with Crippen LogP contribution >= 0.6 is 11.6 Å². The molecule has 0 amide bonds. The zero-order valence-electron chi connectivity index (χ0n) is 23.3. The Morgan fingerprint density at radius 2 is 1.86 bits per heavy atom. The molecule has 1 saturated carbocycles. The van der Waals surface area contributed by atoms with Crippen LogP contribution in [0.15, 0.2) is 60.8 Å². The average molecular weight is 581 g/mol. The Morgan fingerprint density at radius 1 is 1.07 bits per heavy atom. The second kappa shape index (κ2) is 11.0. The van der Waals surface area contributed by atoms with Gasteiger partial charge in [0.15, 0.2) is 5.82 Å². The lowest BCUT2D eigenvalue weighted by Gasteiger charge is -2.33. The van der Waals surface area contributed by atoms with Crippen LogP contribution in [-0.2, 0) is 6.42 Å². The van der Waals surface area contributed by atoms with Gasteiger partial charge in [-0.15, -0.1) is 0 Å². The summed E-state index contributed by atoms with van der Waals surface area (Å²) in [6.45, 7) is 3.95. The summed E-state index contributed by atoms with van der Waals surface area (Å²) in [7, 11) is 0. The van der Waals surface area contributed by atoms with Gasteiger partial charge in [0, 0.05) is 47.2 Å². The number of ether oxygens (including phenoxy) is 1. The van der Waals surface area contributed by atoms with E-state index in [1.54, 1.807) is 12.3 Å². The first-order valence-corrected chi connectivity index (χ1v) is 14.8. The summed E-state index contributed by atoms with van der Waals surface area (Å²) in [6, 6.07) is 17.2. The minimum Gasteiger partial charge on any atom is -0.463 e. The number of aryl methyl sites for hydroxylation is 1. The number of pyridine rings is 1. The lowest BCUT2D eigenvalue weighted by Crippen LogP contribution is -2.37. The molecule has 0 spiro atoms. The molecule has 1 aliphatic heterocycles. The predicted molar refractivity (Wildman–Crippen MR) is 164 cm³/mol. The van der Waals surface area contributed by atoms with E-state index in [1.807, 2.05) is 55.5 Å². The van der Waals surface area contributed by atoms with Gasteiger partial charge in [-0.05, 0) is 66.7 Å². The van der Waals surface area contributed by atoms with Crippen LogP contribution in [0.1, 0.15) is 40.7 Å². The highest BCUT2D eigenvalue weighted by atomic mass is 35.5. The van der Waals surface area contributed by atoms with Crippen molar-refractivity contribution in [3.05, 3.63) is 88.3 Å². The molecule has 212 valence electrons. The SMILES string of the molecule is Cc1ccc(CCOc2nc(N3CC4CCC(C4)C3)c3cnc(-c4cccc5cccc(Cl)c45)c(F)c3n2)cc1C=O. The third kappa shape index (κ3) is 4.86. The molecule has 3 aromatic carbocycles. The number of halogens is 2. The molecule has 6 nitrogen and oxygen atoms in total. The van der Waals surface area contributed by atoms with E-state index in [1.165, 1.54) is 19.3 Å². The third-order valence-corrected chi connectivity index (χ3v) is 9.07. The van der Waals surface area contributed by atoms with E-state index in [2.05, 4.69) is 14.9 Å². The van der Waals surface area contributed by atoms with Crippen molar-refractivity contribution in [2.45, 2.75) is 32.6 Å². The van der Waals surface area contributed by atoms with Crippen molar-refractivity contribution in [1.82, 2.24) is 15.0 Å². The molecule has 2 unspecified atom stereocenters. The molecule has 42 heavy (non-hydrogen) atoms. The number of carbonyl (C=O) groups excluding carboxylic acids is 1. The molecule has 2 aromatic heterocycles. The van der Waals surface area contributed by atoms with E-state index in [4.69, 9.17) is 21.3 Å². The molecule has 2 bridgehead atoms. The van der Waals surface area contributed by atoms with Crippen LogP contribution in [0.5, 0.6) is 6.01 Å². The number of fused-ring (bicyclic) bond motifs is 4. The Morgan fingerprint density at radius 3 is 2.64 bits per heavy atom. The normalized spacial score (nSPS) is 18.1. The van der Waals surface area contributed by atoms with Gasteiger partial charge < -0.3 is 9.64 Å². The fourth-order valence-corrected chi connectivity index (χ4v) is 6.90. The second-order valence-electron chi connectivity index (χ2n) is 11.5. The highest BCUT2D eigenvalue weighted by Gasteiger charge is 2.34. The lowest BCUT2D eigenvalue weighted by atomic mass is 9.98. The standard InChI is InChI=1S/C34H30ClFN4O2/c1-20-8-9-21(15-25(20)19-41)12-13-42-34-38-32-27(33(39-34)40-17-22-10-11-23(14-22)18-40)16-37-31(30(32)36)26-6-2-4-24-5-3-7-28(35)29(24)26/h2-9,15-16,19,22-23H,10-14,17-18H2,1H3. The van der Waals surface area contributed by atoms with E-state index in [0.717, 1.165) is 41.3 Å². The van der Waals surface area contributed by atoms with E-state index >= 15 is 4.39 Å². The maximum absolute atomic E-state index is 16.5. The Labute approximate surface area is 248 Å². The van der Waals surface area contributed by atoms with Crippen LogP contribution in [0, 0.1) is 24.6 Å². The van der Waals surface area contributed by atoms with E-state index in [0.29, 0.717) is 45.6 Å². The maximum Gasteiger partial charge on any atom is 0.319 e. The summed E-state index contributed by atoms with van der Waals surface area (Å²) in [6.07, 6.45) is 6.77. The first-order valence-electron chi connectivity index (χ1n) is 14.4. The van der Waals surface area contributed by atoms with Gasteiger partial charge >= 0.3 is 6.01 Å². The summed E-state index contributed by atoms with van der Waals surface area (Å²) < 4.78 is 22.6. The van der Waals surface area contributed by atoms with Gasteiger partial charge in [-0.25, -0.2) is 4.39 Å². The molecule has 1 saturated heterocycles. The summed E-state index contributed by atoms with van der Waals surface area (Å²) in [5.41, 5.74) is 3.55. The number of rotatable bonds is 7. The Hall–Kier alpha value is -4.10. The fraction of sp³-hybridized carbons (Fsp3) is 0.294. The predicted octanol–water partition coefficient (Wildman–Crippen LogP) is 7.62. The molecule has 2 fully saturated rings. The van der Waals surface area contributed by atoms with Crippen molar-refractivity contribution >= 4 is 45.4 Å². The minimum absolute atomic E-state index is 0.130. The number of aromatic nitrogens is 3. The van der Waals surface area contributed by atoms with Crippen molar-refractivity contribution in [2.24, 2.45) is 11.8 Å². The highest BCUT2D eigenvalue weighted by molar-refractivity contribution is 6.36. The van der Waals surface area contributed by atoms with Crippen molar-refractivity contribution in [1.29, 1.82) is 0 Å². The van der Waals surface area contributed by atoms with Gasteiger partial charge in [0.1, 0.15) is 23.3 Å². The maximum atomic E-state index is 16.5. The summed E-state index contributed by atoms with van der Waals surface area (Å²) >= 11 is 6.58. The molecule has 3 heterocycles. The Bertz CT molecular complexity index is 1830. The minimum atomic E-state index is -0.525. The van der Waals surface area contributed by atoms with Crippen LogP contribution in [-0.4, -0.2) is 40.9 Å². The van der Waals surface area contributed by atoms with E-state index in [-0.39, 0.29) is 23.8 Å². The van der Waals surface area contributed by atoms with Crippen molar-refractivity contribution in [3.8, 4) is 17.3 Å². The molecular weight excluding hydrogens is 551 g/mol. The van der Waals surface area contributed by atoms with Crippen LogP contribution in [0.3, 0.4) is 0 Å². The van der Waals surface area contributed by atoms with Gasteiger partial charge in [-0.2, -0.15) is 9.97 Å². The average Bonchev–Trinajstić information content (AvgIpc) is 3.35. The smallest absolute Gasteiger partial charge is 0.319 e. The molecule has 7 rings (SSSR count). The first kappa shape index (κ1) is 26.8. The number of benzene rings is 3. The number of piperidine rings is 1. The molecule has 5 aromatic rings. The van der Waals surface area contributed by atoms with Crippen LogP contribution in [0.25, 0.3) is 32.9 Å². The number of hydrogen-bond donors (Lipinski definition) is 0. The zero-order valence-corrected chi connectivity index (χ0v) is 24.1. The summed E-state index contributed by atoms with van der Waals surface area (Å²) in [5.74, 6) is 1.37. The monoisotopic (exact) mass is 580 g/mol. The molecule has 0 radical (unpaired) electrons. The van der Waals surface area contributed by atoms with Crippen molar-refractivity contribution in [2.75, 3.05) is 24.6 Å². The number of anilines is 1. The zero-order chi connectivity index (χ0) is 28.8. The first-order chi connectivity index (χ1) is 20.5. The summed E-state index contributed by atoms with van der Waals surface area (Å²) in [4.78, 5) is 27.7. The lowest BCUT2D eigenvalue weighted by molar-refractivity contribution is 0.112. The van der Waals surface area contributed by atoms with Crippen molar-refractivity contribution in [3.63, 3.8) is 0 Å². The number of hydrogen-bond acceptors (Lipinski definition) is 6. The fourth-order valence-electron chi connectivity index (χ4n) is 6.62. The molecule has 2 atom stereocenters. The largest absolute Gasteiger partial charge is 0.463 e. The highest BCUT2D eigenvalue weighted by Crippen LogP contribution is 2.41. The van der Waals surface area contributed by atoms with Gasteiger partial charge in [0.2, 0.25) is 0 Å². The van der Waals surface area contributed by atoms with E-state index in [9.17, 15) is 4.79 Å². The summed E-state index contributed by atoms with van der Waals surface area (Å²) in [5, 5.41) is 2.77. The van der Waals surface area contributed by atoms with Crippen LogP contribution < -0.4 is 9.64 Å². The van der Waals surface area contributed by atoms with Gasteiger partial charge in [-0.3, -0.25) is 9.78 Å². The quantitative estimate of drug-likeness (QED) is 0.184. The van der Waals surface area contributed by atoms with Crippen molar-refractivity contribution < 1.29 is 13.9 Å². The van der Waals surface area contributed by atoms with Crippen LogP contribution in [0.4, 0.5) is 10.2 Å². The van der Waals surface area contributed by atoms with E-state index < -0.39 is 5.82 Å². The third-order valence-electron chi connectivity index (χ3n) is 8.75. The van der Waals surface area contributed by atoms with Gasteiger partial charge in [-0.1, -0.05) is 54.1 Å². The topological polar surface area (TPSA) is 68.2 Å². The van der Waals surface area contributed by atoms with Gasteiger partial charge in [0.05, 0.1) is 12.0 Å². The molecule has 1 aliphatic carbocycles. The molecular formula is C34H30ClFN4O2. The van der Waals surface area contributed by atoms with Crippen LogP contribution in [0.2, 0.25) is 5.02 Å². The molecule has 0 N–H and O–H groups in total. The Balaban J connectivity index is 1.30. The Kier molecular flexibility index (Phi) is 6.98. The second-order valence-corrected chi connectivity index (χ2v) is 11.9. The number of carbonyl (C=O) groups is 1. The molecule has 2 aliphatic rings. The van der Waals surface area contributed by atoms with Gasteiger partial charge in [0.25, 0.3) is 0 Å².